The molecule has 0 aromatic carbocycles. The molecule has 0 saturated carbocycles. The smallest absolute Gasteiger partial charge is 0.110 e. The second-order valence-electron chi connectivity index (χ2n) is 5.36. The van der Waals surface area contributed by atoms with E-state index in [2.05, 4.69) is 18.4 Å². The molecule has 1 aromatic heterocycles. The van der Waals surface area contributed by atoms with Gasteiger partial charge in [-0.1, -0.05) is 64.7 Å². The first-order valence-corrected chi connectivity index (χ1v) is 8.72. The normalized spacial score (nSPS) is 10.5. The summed E-state index contributed by atoms with van der Waals surface area (Å²) in [7, 11) is 0. The van der Waals surface area contributed by atoms with Crippen LogP contribution in [-0.2, 0) is 6.42 Å². The molecule has 19 heavy (non-hydrogen) atoms. The minimum absolute atomic E-state index is 0.849. The van der Waals surface area contributed by atoms with Gasteiger partial charge < -0.3 is 0 Å². The van der Waals surface area contributed by atoms with Crippen molar-refractivity contribution in [2.24, 2.45) is 0 Å². The molecule has 0 aliphatic heterocycles. The Morgan fingerprint density at radius 1 is 0.947 bits per heavy atom. The Labute approximate surface area is 122 Å². The molecule has 1 nitrogen and oxygen atoms in total. The summed E-state index contributed by atoms with van der Waals surface area (Å²) in [4.78, 5) is 0.849. The largest absolute Gasteiger partial charge is 0.192 e. The molecule has 0 unspecified atom stereocenters. The van der Waals surface area contributed by atoms with Gasteiger partial charge in [0.25, 0.3) is 0 Å². The van der Waals surface area contributed by atoms with Crippen molar-refractivity contribution in [2.75, 3.05) is 0 Å². The zero-order valence-electron chi connectivity index (χ0n) is 12.3. The molecule has 2 heteroatoms. The van der Waals surface area contributed by atoms with Gasteiger partial charge in [0, 0.05) is 0 Å². The van der Waals surface area contributed by atoms with Crippen LogP contribution < -0.4 is 0 Å². The molecule has 1 rings (SSSR count). The van der Waals surface area contributed by atoms with Gasteiger partial charge in [-0.25, -0.2) is 0 Å². The van der Waals surface area contributed by atoms with Crippen molar-refractivity contribution in [2.45, 2.75) is 77.6 Å². The number of aryl methyl sites for hydroxylation is 1. The molecule has 0 saturated heterocycles. The Morgan fingerprint density at radius 3 is 2.05 bits per heavy atom. The highest BCUT2D eigenvalue weighted by Gasteiger charge is 1.99. The molecule has 0 aliphatic rings. The molecule has 0 fully saturated rings. The molecule has 1 aromatic rings. The molecule has 0 spiro atoms. The molecule has 0 bridgehead atoms. The van der Waals surface area contributed by atoms with Crippen LogP contribution in [0.1, 0.15) is 81.6 Å². The van der Waals surface area contributed by atoms with Crippen molar-refractivity contribution >= 4 is 11.3 Å². The lowest BCUT2D eigenvalue weighted by molar-refractivity contribution is 0.556. The zero-order chi connectivity index (χ0) is 13.8. The second-order valence-corrected chi connectivity index (χ2v) is 6.27. The number of nitriles is 1. The Bertz CT molecular complexity index is 362. The van der Waals surface area contributed by atoms with Crippen LogP contribution in [0.25, 0.3) is 0 Å². The fraction of sp³-hybridized carbons (Fsp3) is 0.706. The average molecular weight is 277 g/mol. The van der Waals surface area contributed by atoms with Gasteiger partial charge in [-0.05, 0) is 29.9 Å². The lowest BCUT2D eigenvalue weighted by Crippen LogP contribution is -1.84. The van der Waals surface area contributed by atoms with Gasteiger partial charge in [0.2, 0.25) is 0 Å². The fourth-order valence-corrected chi connectivity index (χ4v) is 3.12. The van der Waals surface area contributed by atoms with Gasteiger partial charge in [0.1, 0.15) is 10.9 Å². The number of hydrogen-bond donors (Lipinski definition) is 0. The first kappa shape index (κ1) is 16.2. The summed E-state index contributed by atoms with van der Waals surface area (Å²) >= 11 is 1.57. The van der Waals surface area contributed by atoms with Crippen LogP contribution in [0.4, 0.5) is 0 Å². The van der Waals surface area contributed by atoms with E-state index in [0.717, 1.165) is 11.3 Å². The number of rotatable bonds is 11. The van der Waals surface area contributed by atoms with E-state index >= 15 is 0 Å². The topological polar surface area (TPSA) is 23.8 Å². The van der Waals surface area contributed by atoms with Gasteiger partial charge in [0.15, 0.2) is 0 Å². The zero-order valence-corrected chi connectivity index (χ0v) is 13.1. The maximum Gasteiger partial charge on any atom is 0.110 e. The van der Waals surface area contributed by atoms with Gasteiger partial charge >= 0.3 is 0 Å². The molecule has 0 N–H and O–H groups in total. The van der Waals surface area contributed by atoms with E-state index in [1.165, 1.54) is 69.8 Å². The summed E-state index contributed by atoms with van der Waals surface area (Å²) in [6.07, 6.45) is 15.0. The molecule has 0 aliphatic carbocycles. The van der Waals surface area contributed by atoms with Crippen LogP contribution in [0.15, 0.2) is 11.4 Å². The van der Waals surface area contributed by atoms with Gasteiger partial charge in [-0.15, -0.1) is 11.3 Å². The summed E-state index contributed by atoms with van der Waals surface area (Å²) in [6.45, 7) is 2.27. The van der Waals surface area contributed by atoms with Crippen LogP contribution in [0.3, 0.4) is 0 Å². The van der Waals surface area contributed by atoms with E-state index in [4.69, 9.17) is 5.26 Å². The highest BCUT2D eigenvalue weighted by Crippen LogP contribution is 2.17. The predicted octanol–water partition coefficient (Wildman–Crippen LogP) is 6.08. The highest BCUT2D eigenvalue weighted by molar-refractivity contribution is 7.10. The van der Waals surface area contributed by atoms with Crippen LogP contribution in [-0.4, -0.2) is 0 Å². The summed E-state index contributed by atoms with van der Waals surface area (Å²) < 4.78 is 0. The Hall–Kier alpha value is -0.810. The molecular weight excluding hydrogens is 250 g/mol. The van der Waals surface area contributed by atoms with Crippen molar-refractivity contribution < 1.29 is 0 Å². The monoisotopic (exact) mass is 277 g/mol. The van der Waals surface area contributed by atoms with Crippen LogP contribution >= 0.6 is 11.3 Å². The molecule has 106 valence electrons. The molecule has 0 radical (unpaired) electrons. The van der Waals surface area contributed by atoms with E-state index in [0.29, 0.717) is 0 Å². The summed E-state index contributed by atoms with van der Waals surface area (Å²) in [5.74, 6) is 0. The molecular formula is C17H27NS. The minimum atomic E-state index is 0.849. The quantitative estimate of drug-likeness (QED) is 0.449. The van der Waals surface area contributed by atoms with E-state index in [1.54, 1.807) is 11.3 Å². The third-order valence-electron chi connectivity index (χ3n) is 3.58. The van der Waals surface area contributed by atoms with E-state index < -0.39 is 0 Å². The maximum atomic E-state index is 8.76. The van der Waals surface area contributed by atoms with E-state index in [-0.39, 0.29) is 0 Å². The summed E-state index contributed by atoms with van der Waals surface area (Å²) in [5, 5.41) is 10.9. The van der Waals surface area contributed by atoms with Gasteiger partial charge in [-0.3, -0.25) is 0 Å². The second kappa shape index (κ2) is 11.1. The summed E-state index contributed by atoms with van der Waals surface area (Å²) in [6, 6.07) is 4.25. The number of hydrogen-bond acceptors (Lipinski definition) is 2. The lowest BCUT2D eigenvalue weighted by atomic mass is 10.0. The SMILES string of the molecule is CCCCCCCCCCCCc1csc(C#N)c1. The highest BCUT2D eigenvalue weighted by atomic mass is 32.1. The Morgan fingerprint density at radius 2 is 1.53 bits per heavy atom. The van der Waals surface area contributed by atoms with Crippen molar-refractivity contribution in [1.29, 1.82) is 5.26 Å². The summed E-state index contributed by atoms with van der Waals surface area (Å²) in [5.41, 5.74) is 1.35. The maximum absolute atomic E-state index is 8.76. The third-order valence-corrected chi connectivity index (χ3v) is 4.47. The van der Waals surface area contributed by atoms with E-state index in [9.17, 15) is 0 Å². The fourth-order valence-electron chi connectivity index (χ4n) is 2.38. The van der Waals surface area contributed by atoms with Crippen LogP contribution in [0.5, 0.6) is 0 Å². The van der Waals surface area contributed by atoms with Crippen molar-refractivity contribution in [1.82, 2.24) is 0 Å². The van der Waals surface area contributed by atoms with Crippen LogP contribution in [0, 0.1) is 11.3 Å². The molecule has 0 atom stereocenters. The molecule has 1 heterocycles. The molecule has 0 amide bonds. The van der Waals surface area contributed by atoms with E-state index in [1.807, 2.05) is 6.07 Å². The van der Waals surface area contributed by atoms with Gasteiger partial charge in [-0.2, -0.15) is 5.26 Å². The van der Waals surface area contributed by atoms with Crippen molar-refractivity contribution in [3.05, 3.63) is 21.9 Å². The van der Waals surface area contributed by atoms with Gasteiger partial charge in [0.05, 0.1) is 0 Å². The van der Waals surface area contributed by atoms with Crippen molar-refractivity contribution in [3.63, 3.8) is 0 Å². The number of unbranched alkanes of at least 4 members (excludes halogenated alkanes) is 9. The minimum Gasteiger partial charge on any atom is -0.192 e. The number of thiophene rings is 1. The van der Waals surface area contributed by atoms with Crippen molar-refractivity contribution in [3.8, 4) is 6.07 Å². The predicted molar refractivity (Wildman–Crippen MR) is 84.6 cm³/mol. The van der Waals surface area contributed by atoms with Crippen LogP contribution in [0.2, 0.25) is 0 Å². The Kier molecular flexibility index (Phi) is 9.45. The first-order valence-electron chi connectivity index (χ1n) is 7.84. The third kappa shape index (κ3) is 8.06. The average Bonchev–Trinajstić information content (AvgIpc) is 2.89. The standard InChI is InChI=1S/C17H27NS/c1-2-3-4-5-6-7-8-9-10-11-12-16-13-17(14-18)19-15-16/h13,15H,2-12H2,1H3. The lowest BCUT2D eigenvalue weighted by Gasteiger charge is -2.01. The number of nitrogens with zero attached hydrogens (tertiary/aromatic N) is 1. The first-order chi connectivity index (χ1) is 9.36. The Balaban J connectivity index is 1.87.